The molecule has 0 bridgehead atoms. The Balaban J connectivity index is 0.802. The van der Waals surface area contributed by atoms with Crippen molar-refractivity contribution in [1.29, 1.82) is 0 Å². The highest BCUT2D eigenvalue weighted by Gasteiger charge is 2.32. The summed E-state index contributed by atoms with van der Waals surface area (Å²) in [5.41, 5.74) is 4.57. The molecule has 1 saturated carbocycles. The van der Waals surface area contributed by atoms with E-state index in [1.165, 1.54) is 18.2 Å². The molecule has 2 N–H and O–H groups in total. The summed E-state index contributed by atoms with van der Waals surface area (Å²) in [7, 11) is 0. The number of hydrogen-bond acceptors (Lipinski definition) is 8. The Kier molecular flexibility index (Phi) is 8.51. The van der Waals surface area contributed by atoms with E-state index >= 15 is 0 Å². The maximum Gasteiger partial charge on any atom is 0.234 e. The van der Waals surface area contributed by atoms with E-state index in [9.17, 15) is 18.4 Å². The third-order valence-corrected chi connectivity index (χ3v) is 10.5. The Morgan fingerprint density at radius 2 is 1.78 bits per heavy atom. The summed E-state index contributed by atoms with van der Waals surface area (Å²) >= 11 is 0. The summed E-state index contributed by atoms with van der Waals surface area (Å²) in [5.74, 6) is -0.672. The number of aryl methyl sites for hydroxylation is 1. The van der Waals surface area contributed by atoms with E-state index in [1.54, 1.807) is 36.1 Å². The van der Waals surface area contributed by atoms with Gasteiger partial charge in [-0.05, 0) is 74.4 Å². The summed E-state index contributed by atoms with van der Waals surface area (Å²) in [5, 5.41) is 10.4. The number of aromatic nitrogens is 5. The minimum atomic E-state index is -0.652. The molecule has 2 saturated heterocycles. The first-order valence-corrected chi connectivity index (χ1v) is 17.3. The van der Waals surface area contributed by atoms with E-state index in [-0.39, 0.29) is 23.3 Å². The zero-order chi connectivity index (χ0) is 34.4. The van der Waals surface area contributed by atoms with E-state index in [2.05, 4.69) is 47.6 Å². The first-order valence-electron chi connectivity index (χ1n) is 17.3. The molecule has 1 aliphatic carbocycles. The average molecular weight is 680 g/mol. The number of imidazole rings is 1. The number of carbonyl (C=O) groups excluding carboxylic acids is 2. The molecular formula is C37H39F2N9O2. The smallest absolute Gasteiger partial charge is 0.234 e. The van der Waals surface area contributed by atoms with Gasteiger partial charge in [-0.15, -0.1) is 0 Å². The minimum Gasteiger partial charge on any atom is -0.369 e. The fraction of sp³-hybridized carbons (Fsp3) is 0.378. The Morgan fingerprint density at radius 1 is 0.980 bits per heavy atom. The second-order valence-electron chi connectivity index (χ2n) is 13.7. The number of imide groups is 1. The number of halogens is 2. The van der Waals surface area contributed by atoms with Crippen molar-refractivity contribution in [3.8, 4) is 11.3 Å². The molecule has 5 aromatic rings. The first-order chi connectivity index (χ1) is 24.3. The second-order valence-corrected chi connectivity index (χ2v) is 13.7. The molecule has 2 aromatic carbocycles. The highest BCUT2D eigenvalue weighted by Crippen LogP contribution is 2.40. The fourth-order valence-electron chi connectivity index (χ4n) is 7.47. The van der Waals surface area contributed by atoms with E-state index in [4.69, 9.17) is 0 Å². The van der Waals surface area contributed by atoms with Gasteiger partial charge in [-0.1, -0.05) is 12.1 Å². The van der Waals surface area contributed by atoms with E-state index in [0.29, 0.717) is 47.5 Å². The van der Waals surface area contributed by atoms with Gasteiger partial charge in [-0.2, -0.15) is 5.10 Å². The molecule has 50 heavy (non-hydrogen) atoms. The zero-order valence-electron chi connectivity index (χ0n) is 27.9. The molecule has 8 rings (SSSR count). The van der Waals surface area contributed by atoms with Gasteiger partial charge in [0.2, 0.25) is 11.8 Å². The van der Waals surface area contributed by atoms with Crippen LogP contribution >= 0.6 is 0 Å². The second kappa shape index (κ2) is 13.3. The molecule has 1 atom stereocenters. The zero-order valence-corrected chi connectivity index (χ0v) is 27.9. The van der Waals surface area contributed by atoms with Crippen LogP contribution in [0.1, 0.15) is 55.2 Å². The molecule has 5 heterocycles. The summed E-state index contributed by atoms with van der Waals surface area (Å²) in [4.78, 5) is 37.6. The van der Waals surface area contributed by atoms with Crippen LogP contribution in [-0.2, 0) is 9.59 Å². The third-order valence-electron chi connectivity index (χ3n) is 10.5. The molecular weight excluding hydrogens is 640 g/mol. The van der Waals surface area contributed by atoms with Gasteiger partial charge in [-0.25, -0.2) is 18.7 Å². The minimum absolute atomic E-state index is 0.186. The number of nitrogens with one attached hydrogen (secondary N) is 2. The first kappa shape index (κ1) is 32.1. The van der Waals surface area contributed by atoms with Crippen LogP contribution in [0.15, 0.2) is 67.4 Å². The number of benzene rings is 2. The van der Waals surface area contributed by atoms with Crippen LogP contribution in [-0.4, -0.2) is 73.6 Å². The van der Waals surface area contributed by atoms with E-state index < -0.39 is 11.6 Å². The lowest BCUT2D eigenvalue weighted by molar-refractivity contribution is -0.134. The molecule has 3 fully saturated rings. The highest BCUT2D eigenvalue weighted by molar-refractivity contribution is 6.01. The predicted molar refractivity (Wildman–Crippen MR) is 185 cm³/mol. The van der Waals surface area contributed by atoms with Crippen LogP contribution in [0.3, 0.4) is 0 Å². The molecule has 1 unspecified atom stereocenters. The molecule has 258 valence electrons. The molecule has 0 radical (unpaired) electrons. The Morgan fingerprint density at radius 3 is 2.56 bits per heavy atom. The Labute approximate surface area is 288 Å². The van der Waals surface area contributed by atoms with Crippen LogP contribution in [0.4, 0.5) is 26.0 Å². The van der Waals surface area contributed by atoms with Crippen molar-refractivity contribution in [2.24, 2.45) is 5.92 Å². The van der Waals surface area contributed by atoms with Gasteiger partial charge in [0.25, 0.3) is 0 Å². The van der Waals surface area contributed by atoms with Gasteiger partial charge in [0.15, 0.2) is 11.5 Å². The molecule has 2 amide bonds. The van der Waals surface area contributed by atoms with Crippen molar-refractivity contribution < 1.29 is 18.4 Å². The van der Waals surface area contributed by atoms with Crippen molar-refractivity contribution >= 4 is 34.7 Å². The van der Waals surface area contributed by atoms with Crippen molar-refractivity contribution in [2.75, 3.05) is 42.9 Å². The maximum atomic E-state index is 14.7. The number of fused-ring (bicyclic) bond motifs is 1. The van der Waals surface area contributed by atoms with Gasteiger partial charge in [-0.3, -0.25) is 28.9 Å². The van der Waals surface area contributed by atoms with Gasteiger partial charge in [0, 0.05) is 68.5 Å². The normalized spacial score (nSPS) is 21.3. The topological polar surface area (TPSA) is 113 Å². The van der Waals surface area contributed by atoms with Crippen LogP contribution in [0.25, 0.3) is 16.9 Å². The third kappa shape index (κ3) is 6.33. The average Bonchev–Trinajstić information content (AvgIpc) is 3.77. The molecule has 3 aliphatic rings. The predicted octanol–water partition coefficient (Wildman–Crippen LogP) is 5.61. The summed E-state index contributed by atoms with van der Waals surface area (Å²) < 4.78 is 32.3. The molecule has 11 nitrogen and oxygen atoms in total. The van der Waals surface area contributed by atoms with Crippen LogP contribution in [0.5, 0.6) is 0 Å². The highest BCUT2D eigenvalue weighted by atomic mass is 19.1. The van der Waals surface area contributed by atoms with Crippen molar-refractivity contribution in [3.63, 3.8) is 0 Å². The van der Waals surface area contributed by atoms with Gasteiger partial charge in [0.1, 0.15) is 11.6 Å². The maximum absolute atomic E-state index is 14.7. The summed E-state index contributed by atoms with van der Waals surface area (Å²) in [6.45, 7) is 6.69. The number of piperazine rings is 1. The van der Waals surface area contributed by atoms with Crippen LogP contribution in [0.2, 0.25) is 0 Å². The number of piperidine rings is 1. The Bertz CT molecular complexity index is 2050. The Hall–Kier alpha value is -5.17. The number of nitrogens with zero attached hydrogens (tertiary/aromatic N) is 7. The van der Waals surface area contributed by atoms with E-state index in [0.717, 1.165) is 62.9 Å². The standard InChI is InChI=1S/C37H39F2N9O2/c1-23-16-30(32(39)19-31(23)38)33-21-41-35(36-40-9-11-47(33)36)43-26-20-42-48(22-26)28-17-24(18-28)8-10-45-12-14-46(15-13-45)27-4-2-25(3-5-27)29-6-7-34(49)44-37(29)50/h2-5,9,11,16,19-22,24,28-29H,6-8,10,12-15,17-18H2,1H3,(H,41,43)(H,44,49,50). The number of hydrogen-bond donors (Lipinski definition) is 2. The van der Waals surface area contributed by atoms with Crippen molar-refractivity contribution in [1.82, 2.24) is 34.4 Å². The largest absolute Gasteiger partial charge is 0.369 e. The molecule has 13 heteroatoms. The van der Waals surface area contributed by atoms with Crippen molar-refractivity contribution in [3.05, 3.63) is 90.1 Å². The SMILES string of the molecule is Cc1cc(-c2cnc(Nc3cnn(C4CC(CCN5CCN(c6ccc(C7CCC(=O)NC7=O)cc6)CC5)C4)c3)c3nccn23)c(F)cc1F. The number of anilines is 3. The lowest BCUT2D eigenvalue weighted by atomic mass is 9.78. The lowest BCUT2D eigenvalue weighted by Crippen LogP contribution is -2.47. The number of rotatable bonds is 9. The lowest BCUT2D eigenvalue weighted by Gasteiger charge is -2.39. The van der Waals surface area contributed by atoms with Gasteiger partial charge < -0.3 is 10.2 Å². The molecule has 3 aromatic heterocycles. The summed E-state index contributed by atoms with van der Waals surface area (Å²) in [6.07, 6.45) is 13.0. The van der Waals surface area contributed by atoms with Gasteiger partial charge in [0.05, 0.1) is 35.7 Å². The van der Waals surface area contributed by atoms with Crippen LogP contribution in [0, 0.1) is 24.5 Å². The quantitative estimate of drug-likeness (QED) is 0.194. The van der Waals surface area contributed by atoms with Crippen LogP contribution < -0.4 is 15.5 Å². The van der Waals surface area contributed by atoms with E-state index in [1.807, 2.05) is 23.0 Å². The monoisotopic (exact) mass is 679 g/mol. The number of amides is 2. The van der Waals surface area contributed by atoms with Gasteiger partial charge >= 0.3 is 0 Å². The molecule has 0 spiro atoms. The summed E-state index contributed by atoms with van der Waals surface area (Å²) in [6, 6.07) is 11.0. The fourth-order valence-corrected chi connectivity index (χ4v) is 7.47. The number of carbonyl (C=O) groups is 2. The van der Waals surface area contributed by atoms with Crippen molar-refractivity contribution in [2.45, 2.75) is 51.0 Å². The molecule has 2 aliphatic heterocycles.